The molecule has 0 radical (unpaired) electrons. The quantitative estimate of drug-likeness (QED) is 0.521. The van der Waals surface area contributed by atoms with Crippen molar-refractivity contribution in [2.24, 2.45) is 0 Å². The average molecular weight is 120 g/mol. The van der Waals surface area contributed by atoms with Gasteiger partial charge in [0.1, 0.15) is 0 Å². The minimum absolute atomic E-state index is 0. The molecule has 0 saturated carbocycles. The first-order valence-electron chi connectivity index (χ1n) is 1.00. The molecule has 0 aliphatic carbocycles. The molecule has 0 spiro atoms. The second-order valence-electron chi connectivity index (χ2n) is 0. The molecule has 38 valence electrons. The van der Waals surface area contributed by atoms with Gasteiger partial charge in [-0.05, 0) is 0 Å². The standard InChI is InChI=1S/C2H6.2ClH.H3N/c1-2;;;/h1-2H3;2*1H;1H3. The minimum Gasteiger partial charge on any atom is -0.344 e. The lowest BCUT2D eigenvalue weighted by Gasteiger charge is -1.07. The van der Waals surface area contributed by atoms with Crippen LogP contribution in [0.3, 0.4) is 0 Å². The van der Waals surface area contributed by atoms with Gasteiger partial charge in [-0.25, -0.2) is 0 Å². The molecular weight excluding hydrogens is 109 g/mol. The fourth-order valence-electron chi connectivity index (χ4n) is 0. The summed E-state index contributed by atoms with van der Waals surface area (Å²) in [6, 6.07) is 0. The highest BCUT2D eigenvalue weighted by Gasteiger charge is 0.932. The van der Waals surface area contributed by atoms with E-state index < -0.39 is 0 Å². The van der Waals surface area contributed by atoms with Gasteiger partial charge < -0.3 is 6.15 Å². The maximum atomic E-state index is 2.00. The monoisotopic (exact) mass is 119 g/mol. The van der Waals surface area contributed by atoms with Crippen LogP contribution in [0.1, 0.15) is 13.8 Å². The van der Waals surface area contributed by atoms with Crippen molar-refractivity contribution >= 4 is 24.8 Å². The third kappa shape index (κ3) is 100. The van der Waals surface area contributed by atoms with Gasteiger partial charge in [0.2, 0.25) is 0 Å². The van der Waals surface area contributed by atoms with E-state index in [1.165, 1.54) is 0 Å². The van der Waals surface area contributed by atoms with Crippen LogP contribution < -0.4 is 6.15 Å². The molecule has 0 aliphatic rings. The van der Waals surface area contributed by atoms with Crippen molar-refractivity contribution in [2.45, 2.75) is 13.8 Å². The molecule has 0 aliphatic heterocycles. The molecule has 0 atom stereocenters. The van der Waals surface area contributed by atoms with Crippen LogP contribution in [0.2, 0.25) is 0 Å². The Balaban J connectivity index is -0.00000000167. The van der Waals surface area contributed by atoms with Crippen LogP contribution in [-0.2, 0) is 0 Å². The maximum absolute atomic E-state index is 2.00. The predicted octanol–water partition coefficient (Wildman–Crippen LogP) is 2.03. The Labute approximate surface area is 45.5 Å². The van der Waals surface area contributed by atoms with E-state index in [-0.39, 0.29) is 31.0 Å². The maximum Gasteiger partial charge on any atom is -0.0683 e. The smallest absolute Gasteiger partial charge is 0.0683 e. The first kappa shape index (κ1) is 48.1. The van der Waals surface area contributed by atoms with Gasteiger partial charge in [0.05, 0.1) is 0 Å². The Morgan fingerprint density at radius 1 is 0.800 bits per heavy atom. The third-order valence-electron chi connectivity index (χ3n) is 0. The molecule has 0 aromatic carbocycles. The fraction of sp³-hybridized carbons (Fsp3) is 1.00. The Morgan fingerprint density at radius 3 is 0.800 bits per heavy atom. The van der Waals surface area contributed by atoms with Crippen LogP contribution in [0.15, 0.2) is 0 Å². The van der Waals surface area contributed by atoms with Gasteiger partial charge in [0, 0.05) is 0 Å². The Morgan fingerprint density at radius 2 is 0.800 bits per heavy atom. The van der Waals surface area contributed by atoms with Crippen LogP contribution in [0.5, 0.6) is 0 Å². The molecule has 3 heteroatoms. The molecule has 0 unspecified atom stereocenters. The number of halogens is 2. The minimum atomic E-state index is 0. The molecule has 0 saturated heterocycles. The zero-order valence-electron chi connectivity index (χ0n) is 3.52. The van der Waals surface area contributed by atoms with Crippen molar-refractivity contribution in [1.82, 2.24) is 6.15 Å². The van der Waals surface area contributed by atoms with Crippen molar-refractivity contribution in [2.75, 3.05) is 0 Å². The summed E-state index contributed by atoms with van der Waals surface area (Å²) in [4.78, 5) is 0. The second-order valence-corrected chi connectivity index (χ2v) is 0. The topological polar surface area (TPSA) is 35.0 Å². The highest BCUT2D eigenvalue weighted by molar-refractivity contribution is 5.85. The zero-order chi connectivity index (χ0) is 2.00. The van der Waals surface area contributed by atoms with Crippen LogP contribution in [-0.4, -0.2) is 0 Å². The number of hydrogen-bond acceptors (Lipinski definition) is 1. The van der Waals surface area contributed by atoms with E-state index >= 15 is 0 Å². The SMILES string of the molecule is CC.Cl.Cl.N. The normalized spacial score (nSPS) is 1.20. The summed E-state index contributed by atoms with van der Waals surface area (Å²) in [5, 5.41) is 0. The van der Waals surface area contributed by atoms with Crippen LogP contribution in [0.25, 0.3) is 0 Å². The van der Waals surface area contributed by atoms with E-state index in [1.807, 2.05) is 13.8 Å². The summed E-state index contributed by atoms with van der Waals surface area (Å²) in [6.45, 7) is 4.00. The van der Waals surface area contributed by atoms with E-state index in [0.29, 0.717) is 0 Å². The van der Waals surface area contributed by atoms with Gasteiger partial charge in [-0.1, -0.05) is 13.8 Å². The molecule has 0 aromatic rings. The van der Waals surface area contributed by atoms with Crippen LogP contribution in [0.4, 0.5) is 0 Å². The predicted molar refractivity (Wildman–Crippen MR) is 30.9 cm³/mol. The van der Waals surface area contributed by atoms with E-state index in [2.05, 4.69) is 0 Å². The molecule has 0 rings (SSSR count). The molecule has 3 N–H and O–H groups in total. The summed E-state index contributed by atoms with van der Waals surface area (Å²) in [5.41, 5.74) is 0. The van der Waals surface area contributed by atoms with Gasteiger partial charge in [0.15, 0.2) is 0 Å². The highest BCUT2D eigenvalue weighted by Crippen LogP contribution is 1.14. The van der Waals surface area contributed by atoms with Gasteiger partial charge in [0.25, 0.3) is 0 Å². The lowest BCUT2D eigenvalue weighted by Crippen LogP contribution is -0.856. The van der Waals surface area contributed by atoms with Crippen LogP contribution >= 0.6 is 24.8 Å². The van der Waals surface area contributed by atoms with Crippen molar-refractivity contribution in [3.63, 3.8) is 0 Å². The van der Waals surface area contributed by atoms with E-state index in [9.17, 15) is 0 Å². The van der Waals surface area contributed by atoms with Crippen molar-refractivity contribution in [3.8, 4) is 0 Å². The highest BCUT2D eigenvalue weighted by atomic mass is 35.5. The Bertz CT molecular complexity index is 7.61. The molecule has 0 amide bonds. The van der Waals surface area contributed by atoms with E-state index in [0.717, 1.165) is 0 Å². The average Bonchev–Trinajstić information content (AvgIpc) is 1.00. The Kier molecular flexibility index (Phi) is 1880. The summed E-state index contributed by atoms with van der Waals surface area (Å²) >= 11 is 0. The summed E-state index contributed by atoms with van der Waals surface area (Å²) < 4.78 is 0. The second kappa shape index (κ2) is 195. The molecule has 1 nitrogen and oxygen atoms in total. The largest absolute Gasteiger partial charge is 0.344 e. The van der Waals surface area contributed by atoms with Gasteiger partial charge in [-0.3, -0.25) is 0 Å². The molecule has 5 heavy (non-hydrogen) atoms. The Hall–Kier alpha value is 0.540. The lowest BCUT2D eigenvalue weighted by molar-refractivity contribution is 1.50. The molecular formula is C2H11Cl2N. The third-order valence-corrected chi connectivity index (χ3v) is 0. The summed E-state index contributed by atoms with van der Waals surface area (Å²) in [6.07, 6.45) is 0. The molecule has 0 fully saturated rings. The van der Waals surface area contributed by atoms with Gasteiger partial charge in [-0.2, -0.15) is 0 Å². The van der Waals surface area contributed by atoms with E-state index in [4.69, 9.17) is 0 Å². The number of rotatable bonds is 0. The van der Waals surface area contributed by atoms with Crippen molar-refractivity contribution in [3.05, 3.63) is 0 Å². The molecule has 0 heterocycles. The van der Waals surface area contributed by atoms with Crippen molar-refractivity contribution < 1.29 is 0 Å². The summed E-state index contributed by atoms with van der Waals surface area (Å²) in [5.74, 6) is 0. The first-order chi connectivity index (χ1) is 1.00. The van der Waals surface area contributed by atoms with Crippen molar-refractivity contribution in [1.29, 1.82) is 0 Å². The molecule has 0 aromatic heterocycles. The van der Waals surface area contributed by atoms with E-state index in [1.54, 1.807) is 0 Å². The van der Waals surface area contributed by atoms with Crippen LogP contribution in [0, 0.1) is 0 Å². The lowest BCUT2D eigenvalue weighted by atomic mass is 11.0. The van der Waals surface area contributed by atoms with Gasteiger partial charge in [-0.15, -0.1) is 24.8 Å². The fourth-order valence-corrected chi connectivity index (χ4v) is 0. The number of hydrogen-bond donors (Lipinski definition) is 1. The first-order valence-corrected chi connectivity index (χ1v) is 1.00. The summed E-state index contributed by atoms with van der Waals surface area (Å²) in [7, 11) is 0. The van der Waals surface area contributed by atoms with Gasteiger partial charge >= 0.3 is 0 Å². The zero-order valence-corrected chi connectivity index (χ0v) is 5.16. The molecule has 0 bridgehead atoms.